The molecule has 266 valence electrons. The third-order valence-corrected chi connectivity index (χ3v) is 17.3. The van der Waals surface area contributed by atoms with Crippen molar-refractivity contribution in [3.05, 3.63) is 59.8 Å². The van der Waals surface area contributed by atoms with E-state index in [0.717, 1.165) is 99.5 Å². The normalized spacial score (nSPS) is 25.8. The Kier molecular flexibility index (Phi) is 9.97. The second kappa shape index (κ2) is 13.6. The number of benzene rings is 1. The molecule has 1 amide bonds. The van der Waals surface area contributed by atoms with Gasteiger partial charge in [0.05, 0.1) is 7.11 Å². The molecule has 8 heteroatoms. The molecule has 7 nitrogen and oxygen atoms in total. The number of ether oxygens (including phenoxy) is 1. The fourth-order valence-corrected chi connectivity index (χ4v) is 9.82. The molecule has 0 radical (unpaired) electrons. The Morgan fingerprint density at radius 2 is 1.69 bits per heavy atom. The molecule has 3 aromatic rings. The number of pyridine rings is 1. The average Bonchev–Trinajstić information content (AvgIpc) is 3.59. The minimum absolute atomic E-state index is 0.0192. The van der Waals surface area contributed by atoms with Gasteiger partial charge in [0.2, 0.25) is 5.91 Å². The number of oxazole rings is 1. The van der Waals surface area contributed by atoms with Crippen molar-refractivity contribution in [2.75, 3.05) is 18.6 Å². The fourth-order valence-electron chi connectivity index (χ4n) is 8.40. The first-order chi connectivity index (χ1) is 23.1. The van der Waals surface area contributed by atoms with Crippen LogP contribution in [0, 0.1) is 18.3 Å². The van der Waals surface area contributed by atoms with Crippen LogP contribution in [0.3, 0.4) is 0 Å². The quantitative estimate of drug-likeness (QED) is 0.198. The number of carbonyl (C=O) groups is 1. The summed E-state index contributed by atoms with van der Waals surface area (Å²) in [6, 6.07) is 10.8. The predicted octanol–water partition coefficient (Wildman–Crippen LogP) is 10.4. The molecule has 0 saturated heterocycles. The van der Waals surface area contributed by atoms with E-state index in [4.69, 9.17) is 23.5 Å². The predicted molar refractivity (Wildman–Crippen MR) is 200 cm³/mol. The van der Waals surface area contributed by atoms with Crippen LogP contribution in [0.5, 0.6) is 5.75 Å². The zero-order valence-corrected chi connectivity index (χ0v) is 32.5. The van der Waals surface area contributed by atoms with Crippen LogP contribution < -0.4 is 9.64 Å². The molecular weight excluding hydrogens is 627 g/mol. The molecule has 0 spiro atoms. The SMILES string of the molecule is COc1ccc(C23CCC(CN(C(=O)C4CCC(O[Si](C)(C)C(C)(C)C)CC4)c4cc(-c5coc(C(C)C)n5)ccn4)(CC2)CC3)cc1C. The molecule has 4 saturated carbocycles. The van der Waals surface area contributed by atoms with Crippen molar-refractivity contribution in [2.24, 2.45) is 11.3 Å². The van der Waals surface area contributed by atoms with Crippen molar-refractivity contribution >= 4 is 20.0 Å². The Bertz CT molecular complexity index is 1610. The van der Waals surface area contributed by atoms with E-state index in [2.05, 4.69) is 83.8 Å². The van der Waals surface area contributed by atoms with Crippen LogP contribution in [0.25, 0.3) is 11.3 Å². The lowest BCUT2D eigenvalue weighted by molar-refractivity contribution is -0.124. The molecule has 0 aliphatic heterocycles. The van der Waals surface area contributed by atoms with Gasteiger partial charge in [-0.3, -0.25) is 9.69 Å². The zero-order valence-electron chi connectivity index (χ0n) is 31.5. The number of hydrogen-bond acceptors (Lipinski definition) is 6. The number of methoxy groups -OCH3 is 1. The highest BCUT2D eigenvalue weighted by atomic mass is 28.4. The van der Waals surface area contributed by atoms with E-state index >= 15 is 0 Å². The minimum Gasteiger partial charge on any atom is -0.496 e. The van der Waals surface area contributed by atoms with Crippen LogP contribution in [0.2, 0.25) is 18.1 Å². The third-order valence-electron chi connectivity index (χ3n) is 12.8. The number of carbonyl (C=O) groups excluding carboxylic acids is 1. The van der Waals surface area contributed by atoms with E-state index in [1.165, 1.54) is 11.1 Å². The number of rotatable bonds is 10. The fraction of sp³-hybridized carbons (Fsp3) is 0.634. The van der Waals surface area contributed by atoms with Gasteiger partial charge in [-0.1, -0.05) is 46.8 Å². The van der Waals surface area contributed by atoms with Gasteiger partial charge in [-0.15, -0.1) is 0 Å². The summed E-state index contributed by atoms with van der Waals surface area (Å²) in [5.41, 5.74) is 4.69. The highest BCUT2D eigenvalue weighted by Gasteiger charge is 2.51. The number of nitrogens with zero attached hydrogens (tertiary/aromatic N) is 3. The lowest BCUT2D eigenvalue weighted by Gasteiger charge is -2.55. The van der Waals surface area contributed by atoms with Crippen LogP contribution in [0.4, 0.5) is 5.82 Å². The number of aryl methyl sites for hydroxylation is 1. The van der Waals surface area contributed by atoms with Gasteiger partial charge in [-0.05, 0) is 129 Å². The first-order valence-corrected chi connectivity index (χ1v) is 21.6. The Morgan fingerprint density at radius 1 is 1.02 bits per heavy atom. The van der Waals surface area contributed by atoms with Crippen LogP contribution >= 0.6 is 0 Å². The second-order valence-electron chi connectivity index (χ2n) is 17.4. The van der Waals surface area contributed by atoms with Gasteiger partial charge >= 0.3 is 0 Å². The van der Waals surface area contributed by atoms with E-state index < -0.39 is 8.32 Å². The smallest absolute Gasteiger partial charge is 0.231 e. The van der Waals surface area contributed by atoms with Crippen molar-refractivity contribution < 1.29 is 18.4 Å². The van der Waals surface area contributed by atoms with E-state index in [1.807, 2.05) is 12.3 Å². The van der Waals surface area contributed by atoms with Gasteiger partial charge < -0.3 is 13.6 Å². The Balaban J connectivity index is 1.23. The van der Waals surface area contributed by atoms with Gasteiger partial charge in [0.25, 0.3) is 0 Å². The molecule has 0 unspecified atom stereocenters. The van der Waals surface area contributed by atoms with E-state index in [-0.39, 0.29) is 39.7 Å². The largest absolute Gasteiger partial charge is 0.496 e. The van der Waals surface area contributed by atoms with Gasteiger partial charge in [0.1, 0.15) is 23.5 Å². The summed E-state index contributed by atoms with van der Waals surface area (Å²) in [6.07, 6.45) is 14.2. The number of hydrogen-bond donors (Lipinski definition) is 0. The maximum Gasteiger partial charge on any atom is 0.231 e. The first kappa shape index (κ1) is 35.8. The third kappa shape index (κ3) is 7.28. The summed E-state index contributed by atoms with van der Waals surface area (Å²) >= 11 is 0. The molecule has 0 atom stereocenters. The molecule has 2 aromatic heterocycles. The molecular formula is C41H59N3O4Si. The Hall–Kier alpha value is -2.97. The van der Waals surface area contributed by atoms with Gasteiger partial charge in [-0.2, -0.15) is 0 Å². The van der Waals surface area contributed by atoms with Crippen molar-refractivity contribution in [1.82, 2.24) is 9.97 Å². The van der Waals surface area contributed by atoms with Crippen LogP contribution in [0.15, 0.2) is 47.2 Å². The lowest BCUT2D eigenvalue weighted by atomic mass is 9.51. The topological polar surface area (TPSA) is 77.7 Å². The maximum atomic E-state index is 14.7. The monoisotopic (exact) mass is 685 g/mol. The summed E-state index contributed by atoms with van der Waals surface area (Å²) in [6.45, 7) is 18.6. The molecule has 1 aromatic carbocycles. The minimum atomic E-state index is -1.86. The Morgan fingerprint density at radius 3 is 2.27 bits per heavy atom. The zero-order chi connectivity index (χ0) is 35.2. The second-order valence-corrected chi connectivity index (χ2v) is 22.1. The van der Waals surface area contributed by atoms with Gasteiger partial charge in [0, 0.05) is 36.2 Å². The molecule has 0 N–H and O–H groups in total. The van der Waals surface area contributed by atoms with Gasteiger partial charge in [0.15, 0.2) is 14.2 Å². The van der Waals surface area contributed by atoms with E-state index in [9.17, 15) is 4.79 Å². The van der Waals surface area contributed by atoms with Crippen molar-refractivity contribution in [3.8, 4) is 17.0 Å². The van der Waals surface area contributed by atoms with E-state index in [1.54, 1.807) is 13.4 Å². The number of anilines is 1. The molecule has 7 rings (SSSR count). The average molecular weight is 686 g/mol. The Labute approximate surface area is 295 Å². The van der Waals surface area contributed by atoms with Crippen LogP contribution in [-0.4, -0.2) is 44.0 Å². The molecule has 4 aliphatic rings. The molecule has 2 heterocycles. The number of aromatic nitrogens is 2. The summed E-state index contributed by atoms with van der Waals surface area (Å²) in [4.78, 5) is 26.4. The maximum absolute atomic E-state index is 14.7. The molecule has 49 heavy (non-hydrogen) atoms. The van der Waals surface area contributed by atoms with Crippen LogP contribution in [-0.2, 0) is 14.6 Å². The summed E-state index contributed by atoms with van der Waals surface area (Å²) < 4.78 is 18.2. The van der Waals surface area contributed by atoms with Crippen LogP contribution in [0.1, 0.15) is 122 Å². The van der Waals surface area contributed by atoms with Crippen molar-refractivity contribution in [1.29, 1.82) is 0 Å². The summed E-state index contributed by atoms with van der Waals surface area (Å²) in [5.74, 6) is 2.82. The highest BCUT2D eigenvalue weighted by molar-refractivity contribution is 6.74. The molecule has 4 aliphatic carbocycles. The van der Waals surface area contributed by atoms with Crippen molar-refractivity contribution in [3.63, 3.8) is 0 Å². The first-order valence-electron chi connectivity index (χ1n) is 18.7. The molecule has 4 fully saturated rings. The number of fused-ring (bicyclic) bond motifs is 3. The van der Waals surface area contributed by atoms with Gasteiger partial charge in [-0.25, -0.2) is 9.97 Å². The number of amides is 1. The molecule has 2 bridgehead atoms. The highest BCUT2D eigenvalue weighted by Crippen LogP contribution is 2.58. The van der Waals surface area contributed by atoms with Crippen molar-refractivity contribution in [2.45, 2.75) is 141 Å². The summed E-state index contributed by atoms with van der Waals surface area (Å²) in [7, 11) is -0.117. The summed E-state index contributed by atoms with van der Waals surface area (Å²) in [5, 5.41) is 0.177. The lowest BCUT2D eigenvalue weighted by Crippen LogP contribution is -2.52. The van der Waals surface area contributed by atoms with E-state index in [0.29, 0.717) is 0 Å². The standard InChI is InChI=1S/C41H59N3O4Si/c1-28(2)37-43-34(26-47-37)31-16-23-42-36(25-31)44(38(45)30-10-13-33(14-11-30)48-49(8,9)39(4,5)6)27-40-17-20-41(21-18-40,22-19-40)32-12-15-35(46-7)29(3)24-32/h12,15-16,23-26,28,30,33H,10-11,13-14,17-22,27H2,1-9H3.